The maximum Gasteiger partial charge on any atom is 0.336 e. The van der Waals surface area contributed by atoms with Crippen LogP contribution in [0.2, 0.25) is 0 Å². The van der Waals surface area contributed by atoms with E-state index in [-0.39, 0.29) is 12.8 Å². The first-order chi connectivity index (χ1) is 13.8. The molecule has 2 aromatic rings. The Morgan fingerprint density at radius 3 is 2.59 bits per heavy atom. The fourth-order valence-corrected chi connectivity index (χ4v) is 2.84. The smallest absolute Gasteiger partial charge is 0.336 e. The van der Waals surface area contributed by atoms with Crippen molar-refractivity contribution in [1.29, 1.82) is 0 Å². The van der Waals surface area contributed by atoms with Gasteiger partial charge in [0.05, 0.1) is 0 Å². The summed E-state index contributed by atoms with van der Waals surface area (Å²) in [5, 5.41) is 20.9. The normalized spacial score (nSPS) is 11.8. The minimum absolute atomic E-state index is 0.0311. The molecule has 1 amide bonds. The zero-order valence-corrected chi connectivity index (χ0v) is 16.0. The van der Waals surface area contributed by atoms with E-state index in [1.807, 2.05) is 0 Å². The van der Waals surface area contributed by atoms with Crippen LogP contribution < -0.4 is 15.7 Å². The third kappa shape index (κ3) is 6.95. The maximum absolute atomic E-state index is 12.0. The highest BCUT2D eigenvalue weighted by Gasteiger charge is 2.19. The minimum atomic E-state index is -1.17. The highest BCUT2D eigenvalue weighted by molar-refractivity contribution is 5.84. The van der Waals surface area contributed by atoms with Crippen molar-refractivity contribution in [3.8, 4) is 5.75 Å². The summed E-state index contributed by atoms with van der Waals surface area (Å²) < 4.78 is 10.5. The van der Waals surface area contributed by atoms with E-state index in [1.165, 1.54) is 12.1 Å². The van der Waals surface area contributed by atoms with Crippen LogP contribution >= 0.6 is 0 Å². The molecule has 156 valence electrons. The average Bonchev–Trinajstić information content (AvgIpc) is 2.64. The van der Waals surface area contributed by atoms with Gasteiger partial charge in [-0.05, 0) is 37.5 Å². The SMILES string of the molecule is Cc1cc(=O)oc2cc(OCC(=O)N[C@H](CCCCCC(=O)O)C(=O)O)ccc12. The molecule has 0 bridgehead atoms. The number of hydrogen-bond donors (Lipinski definition) is 3. The molecule has 29 heavy (non-hydrogen) atoms. The number of amides is 1. The Morgan fingerprint density at radius 2 is 1.90 bits per heavy atom. The molecule has 1 heterocycles. The number of nitrogens with one attached hydrogen (secondary N) is 1. The minimum Gasteiger partial charge on any atom is -0.484 e. The molecule has 0 saturated heterocycles. The summed E-state index contributed by atoms with van der Waals surface area (Å²) in [6.45, 7) is 1.38. The Morgan fingerprint density at radius 1 is 1.14 bits per heavy atom. The summed E-state index contributed by atoms with van der Waals surface area (Å²) in [5.41, 5.74) is 0.600. The number of carbonyl (C=O) groups excluding carboxylic acids is 1. The lowest BCUT2D eigenvalue weighted by molar-refractivity contribution is -0.142. The summed E-state index contributed by atoms with van der Waals surface area (Å²) in [7, 11) is 0. The number of unbranched alkanes of at least 4 members (excludes halogenated alkanes) is 2. The van der Waals surface area contributed by atoms with Gasteiger partial charge in [0.15, 0.2) is 6.61 Å². The molecule has 9 heteroatoms. The average molecular weight is 405 g/mol. The Labute approximate surface area is 166 Å². The van der Waals surface area contributed by atoms with Crippen LogP contribution in [0.1, 0.15) is 37.7 Å². The fraction of sp³-hybridized carbons (Fsp3) is 0.400. The van der Waals surface area contributed by atoms with Crippen molar-refractivity contribution < 1.29 is 33.8 Å². The van der Waals surface area contributed by atoms with Crippen molar-refractivity contribution in [3.63, 3.8) is 0 Å². The maximum atomic E-state index is 12.0. The van der Waals surface area contributed by atoms with Gasteiger partial charge in [0.2, 0.25) is 0 Å². The van der Waals surface area contributed by atoms with Gasteiger partial charge in [-0.1, -0.05) is 12.8 Å². The highest BCUT2D eigenvalue weighted by atomic mass is 16.5. The molecule has 2 rings (SSSR count). The van der Waals surface area contributed by atoms with E-state index in [4.69, 9.17) is 14.3 Å². The molecule has 1 aromatic heterocycles. The van der Waals surface area contributed by atoms with Crippen LogP contribution in [-0.2, 0) is 14.4 Å². The third-order valence-electron chi connectivity index (χ3n) is 4.31. The first kappa shape index (κ1) is 21.9. The molecule has 0 saturated carbocycles. The molecule has 0 fully saturated rings. The number of hydrogen-bond acceptors (Lipinski definition) is 6. The van der Waals surface area contributed by atoms with Crippen molar-refractivity contribution in [2.45, 2.75) is 45.1 Å². The van der Waals surface area contributed by atoms with Crippen LogP contribution in [0.4, 0.5) is 0 Å². The zero-order valence-electron chi connectivity index (χ0n) is 16.0. The van der Waals surface area contributed by atoms with E-state index >= 15 is 0 Å². The first-order valence-corrected chi connectivity index (χ1v) is 9.17. The second-order valence-corrected chi connectivity index (χ2v) is 6.65. The van der Waals surface area contributed by atoms with Crippen LogP contribution in [0.5, 0.6) is 5.75 Å². The van der Waals surface area contributed by atoms with Crippen LogP contribution in [0.25, 0.3) is 11.0 Å². The summed E-state index contributed by atoms with van der Waals surface area (Å²) in [4.78, 5) is 45.3. The molecule has 0 radical (unpaired) electrons. The van der Waals surface area contributed by atoms with E-state index in [0.29, 0.717) is 30.6 Å². The van der Waals surface area contributed by atoms with E-state index in [0.717, 1.165) is 10.9 Å². The first-order valence-electron chi connectivity index (χ1n) is 9.17. The topological polar surface area (TPSA) is 143 Å². The molecule has 1 aromatic carbocycles. The monoisotopic (exact) mass is 405 g/mol. The molecule has 0 spiro atoms. The number of rotatable bonds is 11. The van der Waals surface area contributed by atoms with Gasteiger partial charge >= 0.3 is 17.6 Å². The van der Waals surface area contributed by atoms with Crippen LogP contribution in [0.3, 0.4) is 0 Å². The number of carboxylic acids is 2. The molecule has 0 aliphatic rings. The quantitative estimate of drug-likeness (QED) is 0.381. The van der Waals surface area contributed by atoms with E-state index < -0.39 is 36.1 Å². The summed E-state index contributed by atoms with van der Waals surface area (Å²) >= 11 is 0. The Hall–Kier alpha value is -3.36. The molecule has 1 atom stereocenters. The molecule has 9 nitrogen and oxygen atoms in total. The van der Waals surface area contributed by atoms with Crippen molar-refractivity contribution in [3.05, 3.63) is 40.2 Å². The second kappa shape index (κ2) is 10.3. The number of carbonyl (C=O) groups is 3. The standard InChI is InChI=1S/C20H23NO8/c1-12-9-19(25)29-16-10-13(7-8-14(12)16)28-11-17(22)21-15(20(26)27)5-3-2-4-6-18(23)24/h7-10,15H,2-6,11H2,1H3,(H,21,22)(H,23,24)(H,26,27)/t15-/m1/s1. The van der Waals surface area contributed by atoms with E-state index in [9.17, 15) is 24.3 Å². The van der Waals surface area contributed by atoms with E-state index in [1.54, 1.807) is 19.1 Å². The Kier molecular flexibility index (Phi) is 7.76. The lowest BCUT2D eigenvalue weighted by atomic mass is 10.1. The van der Waals surface area contributed by atoms with Gasteiger partial charge in [0.1, 0.15) is 17.4 Å². The molecular weight excluding hydrogens is 382 g/mol. The van der Waals surface area contributed by atoms with Gasteiger partial charge in [-0.15, -0.1) is 0 Å². The van der Waals surface area contributed by atoms with Gasteiger partial charge < -0.3 is 24.7 Å². The van der Waals surface area contributed by atoms with E-state index in [2.05, 4.69) is 5.32 Å². The number of carboxylic acid groups (broad SMARTS) is 2. The number of ether oxygens (including phenoxy) is 1. The van der Waals surface area contributed by atoms with Crippen molar-refractivity contribution in [2.24, 2.45) is 0 Å². The summed E-state index contributed by atoms with van der Waals surface area (Å²) in [6, 6.07) is 5.13. The number of aryl methyl sites for hydroxylation is 1. The van der Waals surface area contributed by atoms with Crippen molar-refractivity contribution >= 4 is 28.8 Å². The molecule has 0 aliphatic carbocycles. The molecule has 0 aliphatic heterocycles. The Bertz CT molecular complexity index is 949. The van der Waals surface area contributed by atoms with Crippen LogP contribution in [-0.4, -0.2) is 40.7 Å². The molecule has 3 N–H and O–H groups in total. The zero-order chi connectivity index (χ0) is 21.4. The predicted octanol–water partition coefficient (Wildman–Crippen LogP) is 2.08. The molecule has 0 unspecified atom stereocenters. The van der Waals surface area contributed by atoms with Gasteiger partial charge in [-0.25, -0.2) is 9.59 Å². The molecular formula is C20H23NO8. The van der Waals surface area contributed by atoms with Crippen LogP contribution in [0, 0.1) is 6.92 Å². The van der Waals surface area contributed by atoms with Crippen molar-refractivity contribution in [2.75, 3.05) is 6.61 Å². The predicted molar refractivity (Wildman–Crippen MR) is 103 cm³/mol. The number of fused-ring (bicyclic) bond motifs is 1. The van der Waals surface area contributed by atoms with Gasteiger partial charge in [-0.2, -0.15) is 0 Å². The highest BCUT2D eigenvalue weighted by Crippen LogP contribution is 2.22. The lowest BCUT2D eigenvalue weighted by Gasteiger charge is -2.15. The number of aliphatic carboxylic acids is 2. The van der Waals surface area contributed by atoms with Crippen molar-refractivity contribution in [1.82, 2.24) is 5.32 Å². The fourth-order valence-electron chi connectivity index (χ4n) is 2.84. The van der Waals surface area contributed by atoms with Gasteiger partial charge in [-0.3, -0.25) is 9.59 Å². The lowest BCUT2D eigenvalue weighted by Crippen LogP contribution is -2.42. The van der Waals surface area contributed by atoms with Gasteiger partial charge in [0.25, 0.3) is 5.91 Å². The second-order valence-electron chi connectivity index (χ2n) is 6.65. The summed E-state index contributed by atoms with van der Waals surface area (Å²) in [6.07, 6.45) is 1.72. The largest absolute Gasteiger partial charge is 0.484 e. The Balaban J connectivity index is 1.87. The van der Waals surface area contributed by atoms with Crippen LogP contribution in [0.15, 0.2) is 33.5 Å². The summed E-state index contributed by atoms with van der Waals surface area (Å²) in [5.74, 6) is -2.36. The third-order valence-corrected chi connectivity index (χ3v) is 4.31. The van der Waals surface area contributed by atoms with Gasteiger partial charge in [0, 0.05) is 23.9 Å². The number of benzene rings is 1.